The molecule has 2 aromatic carbocycles. The monoisotopic (exact) mass is 520 g/mol. The number of aromatic nitrogens is 1. The van der Waals surface area contributed by atoms with Crippen molar-refractivity contribution in [1.29, 1.82) is 0 Å². The molecule has 0 saturated heterocycles. The van der Waals surface area contributed by atoms with Crippen molar-refractivity contribution in [2.24, 2.45) is 0 Å². The topological polar surface area (TPSA) is 9.29 Å². The molecule has 0 N–H and O–H groups in total. The smallest absolute Gasteiger partial charge is 0.223 e. The summed E-state index contributed by atoms with van der Waals surface area (Å²) in [6, 6.07) is 7.99. The molecule has 31 heavy (non-hydrogen) atoms. The maximum atomic E-state index is 15.4. The highest BCUT2D eigenvalue weighted by Crippen LogP contribution is 2.47. The molecule has 0 spiro atoms. The Morgan fingerprint density at radius 1 is 0.968 bits per heavy atom. The largest absolute Gasteiger partial charge is 0.373 e. The summed E-state index contributed by atoms with van der Waals surface area (Å²) in [6.45, 7) is 20.8. The molecule has 0 fully saturated rings. The molecule has 1 heterocycles. The van der Waals surface area contributed by atoms with E-state index in [2.05, 4.69) is 78.8 Å². The maximum absolute atomic E-state index is 15.4. The Bertz CT molecular complexity index is 1140. The number of hydrogen-bond donors (Lipinski definition) is 0. The van der Waals surface area contributed by atoms with E-state index in [9.17, 15) is 4.39 Å². The zero-order valence-electron chi connectivity index (χ0n) is 18.6. The first kappa shape index (κ1) is 24.0. The highest BCUT2D eigenvalue weighted by Gasteiger charge is 2.45. The van der Waals surface area contributed by atoms with E-state index in [0.717, 1.165) is 10.9 Å². The van der Waals surface area contributed by atoms with Gasteiger partial charge in [-0.15, -0.1) is 0 Å². The van der Waals surface area contributed by atoms with Crippen molar-refractivity contribution in [3.63, 3.8) is 0 Å². The minimum atomic E-state index is -2.02. The second kappa shape index (κ2) is 9.09. The van der Waals surface area contributed by atoms with E-state index in [0.29, 0.717) is 30.9 Å². The van der Waals surface area contributed by atoms with Crippen LogP contribution in [0.3, 0.4) is 0 Å². The van der Waals surface area contributed by atoms with Crippen molar-refractivity contribution in [2.45, 2.75) is 68.0 Å². The number of fused-ring (bicyclic) bond motifs is 1. The molecule has 0 saturated carbocycles. The van der Waals surface area contributed by atoms with Gasteiger partial charge in [-0.25, -0.2) is 13.6 Å². The first-order valence-electron chi connectivity index (χ1n) is 10.4. The van der Waals surface area contributed by atoms with Crippen molar-refractivity contribution < 1.29 is 8.78 Å². The standard InChI is InChI=1S/C24H27BrF2N2SSi/c1-14(2)31(15(3)4,16(5)6)29-11-10-18-22(29)13-20(27)24(23(18)25)30-17-8-9-19(26)21(12-17)28-7/h8-16H,1-6H3. The van der Waals surface area contributed by atoms with E-state index in [1.807, 2.05) is 0 Å². The summed E-state index contributed by atoms with van der Waals surface area (Å²) < 4.78 is 32.2. The fraction of sp³-hybridized carbons (Fsp3) is 0.375. The molecule has 0 aliphatic rings. The van der Waals surface area contributed by atoms with E-state index < -0.39 is 14.1 Å². The number of hydrogen-bond acceptors (Lipinski definition) is 1. The molecule has 0 radical (unpaired) electrons. The van der Waals surface area contributed by atoms with Crippen LogP contribution >= 0.6 is 27.7 Å². The second-order valence-corrected chi connectivity index (χ2v) is 16.4. The van der Waals surface area contributed by atoms with Crippen molar-refractivity contribution >= 4 is 52.5 Å². The minimum Gasteiger partial charge on any atom is -0.373 e. The molecule has 0 amide bonds. The second-order valence-electron chi connectivity index (χ2n) is 8.80. The Morgan fingerprint density at radius 3 is 2.13 bits per heavy atom. The number of halogens is 3. The fourth-order valence-corrected chi connectivity index (χ4v) is 13.5. The van der Waals surface area contributed by atoms with Crippen LogP contribution in [0.2, 0.25) is 16.6 Å². The van der Waals surface area contributed by atoms with Crippen LogP contribution in [0.5, 0.6) is 0 Å². The normalized spacial score (nSPS) is 12.4. The summed E-state index contributed by atoms with van der Waals surface area (Å²) >= 11 is 4.84. The van der Waals surface area contributed by atoms with Crippen molar-refractivity contribution in [2.75, 3.05) is 0 Å². The lowest BCUT2D eigenvalue weighted by Crippen LogP contribution is -2.51. The van der Waals surface area contributed by atoms with Gasteiger partial charge >= 0.3 is 0 Å². The Morgan fingerprint density at radius 2 is 1.58 bits per heavy atom. The highest BCUT2D eigenvalue weighted by atomic mass is 79.9. The van der Waals surface area contributed by atoms with Gasteiger partial charge in [0.25, 0.3) is 0 Å². The molecule has 3 aromatic rings. The van der Waals surface area contributed by atoms with Crippen molar-refractivity contribution in [3.8, 4) is 0 Å². The van der Waals surface area contributed by atoms with E-state index in [1.165, 1.54) is 23.9 Å². The van der Waals surface area contributed by atoms with Crippen LogP contribution in [0.25, 0.3) is 15.7 Å². The Labute approximate surface area is 197 Å². The average Bonchev–Trinajstić information content (AvgIpc) is 3.10. The summed E-state index contributed by atoms with van der Waals surface area (Å²) in [7, 11) is -2.02. The molecule has 2 nitrogen and oxygen atoms in total. The fourth-order valence-electron chi connectivity index (χ4n) is 5.22. The number of nitrogens with zero attached hydrogens (tertiary/aromatic N) is 2. The highest BCUT2D eigenvalue weighted by molar-refractivity contribution is 9.10. The van der Waals surface area contributed by atoms with Gasteiger partial charge in [-0.05, 0) is 69.1 Å². The molecule has 7 heteroatoms. The van der Waals surface area contributed by atoms with Crippen LogP contribution in [0, 0.1) is 18.2 Å². The molecule has 0 atom stereocenters. The van der Waals surface area contributed by atoms with Gasteiger partial charge < -0.3 is 4.23 Å². The lowest BCUT2D eigenvalue weighted by Gasteiger charge is -2.44. The predicted octanol–water partition coefficient (Wildman–Crippen LogP) is 9.41. The third-order valence-electron chi connectivity index (χ3n) is 6.29. The first-order valence-corrected chi connectivity index (χ1v) is 14.2. The summed E-state index contributed by atoms with van der Waals surface area (Å²) in [6.07, 6.45) is 2.13. The molecule has 0 aliphatic heterocycles. The summed E-state index contributed by atoms with van der Waals surface area (Å²) in [5, 5.41) is 0.968. The van der Waals surface area contributed by atoms with Crippen LogP contribution in [0.4, 0.5) is 14.5 Å². The number of rotatable bonds is 6. The zero-order chi connectivity index (χ0) is 23.1. The van der Waals surface area contributed by atoms with Gasteiger partial charge in [0.15, 0.2) is 8.24 Å². The van der Waals surface area contributed by atoms with Gasteiger partial charge in [0.2, 0.25) is 5.69 Å². The molecule has 0 aliphatic carbocycles. The van der Waals surface area contributed by atoms with Gasteiger partial charge in [-0.1, -0.05) is 53.3 Å². The van der Waals surface area contributed by atoms with E-state index >= 15 is 4.39 Å². The molecule has 1 aromatic heterocycles. The van der Waals surface area contributed by atoms with Crippen LogP contribution in [0.1, 0.15) is 41.5 Å². The molecule has 3 rings (SSSR count). The van der Waals surface area contributed by atoms with Crippen molar-refractivity contribution in [1.82, 2.24) is 4.23 Å². The lowest BCUT2D eigenvalue weighted by molar-refractivity contribution is 0.602. The van der Waals surface area contributed by atoms with Gasteiger partial charge in [0.1, 0.15) is 11.6 Å². The summed E-state index contributed by atoms with van der Waals surface area (Å²) in [5.74, 6) is -0.888. The van der Waals surface area contributed by atoms with Crippen LogP contribution < -0.4 is 0 Å². The van der Waals surface area contributed by atoms with E-state index in [-0.39, 0.29) is 11.5 Å². The third-order valence-corrected chi connectivity index (χ3v) is 15.2. The van der Waals surface area contributed by atoms with Crippen LogP contribution in [-0.4, -0.2) is 12.5 Å². The van der Waals surface area contributed by atoms with E-state index in [4.69, 9.17) is 6.57 Å². The summed E-state index contributed by atoms with van der Waals surface area (Å²) in [4.78, 5) is 4.27. The Hall–Kier alpha value is -1.62. The van der Waals surface area contributed by atoms with Crippen LogP contribution in [-0.2, 0) is 0 Å². The SMILES string of the molecule is [C-]#[N+]c1cc(Sc2c(F)cc3c(ccn3[Si](C(C)C)(C(C)C)C(C)C)c2Br)ccc1F. The third kappa shape index (κ3) is 3.99. The molecular formula is C24H27BrF2N2SSi. The number of benzene rings is 2. The average molecular weight is 522 g/mol. The van der Waals surface area contributed by atoms with Crippen molar-refractivity contribution in [3.05, 3.63) is 64.1 Å². The molecular weight excluding hydrogens is 494 g/mol. The van der Waals surface area contributed by atoms with Gasteiger partial charge in [0.05, 0.1) is 11.5 Å². The quantitative estimate of drug-likeness (QED) is 0.232. The minimum absolute atomic E-state index is 0.0599. The van der Waals surface area contributed by atoms with Gasteiger partial charge in [0, 0.05) is 20.3 Å². The van der Waals surface area contributed by atoms with Gasteiger partial charge in [-0.3, -0.25) is 0 Å². The van der Waals surface area contributed by atoms with Gasteiger partial charge in [-0.2, -0.15) is 0 Å². The first-order chi connectivity index (χ1) is 14.5. The van der Waals surface area contributed by atoms with Crippen LogP contribution in [0.15, 0.2) is 50.8 Å². The molecule has 0 unspecified atom stereocenters. The van der Waals surface area contributed by atoms with E-state index in [1.54, 1.807) is 12.1 Å². The lowest BCUT2D eigenvalue weighted by atomic mass is 10.2. The summed E-state index contributed by atoms with van der Waals surface area (Å²) in [5.41, 5.74) is 2.33. The Kier molecular flexibility index (Phi) is 7.04. The maximum Gasteiger partial charge on any atom is 0.223 e. The Balaban J connectivity index is 2.18. The molecule has 0 bridgehead atoms. The predicted molar refractivity (Wildman–Crippen MR) is 133 cm³/mol. The zero-order valence-corrected chi connectivity index (χ0v) is 22.0. The molecule has 164 valence electrons.